The quantitative estimate of drug-likeness (QED) is 0.631. The van der Waals surface area contributed by atoms with Gasteiger partial charge in [0.25, 0.3) is 0 Å². The molecule has 0 amide bonds. The highest BCUT2D eigenvalue weighted by molar-refractivity contribution is 6.34. The fraction of sp³-hybridized carbons (Fsp3) is 0.316. The van der Waals surface area contributed by atoms with Gasteiger partial charge in [0, 0.05) is 22.3 Å². The van der Waals surface area contributed by atoms with E-state index in [0.717, 1.165) is 35.7 Å². The van der Waals surface area contributed by atoms with Crippen molar-refractivity contribution in [3.8, 4) is 5.75 Å². The second-order valence-electron chi connectivity index (χ2n) is 5.84. The number of halogens is 2. The number of aryl methyl sites for hydroxylation is 1. The van der Waals surface area contributed by atoms with Crippen LogP contribution in [0.25, 0.3) is 12.2 Å². The molecule has 0 unspecified atom stereocenters. The van der Waals surface area contributed by atoms with E-state index in [9.17, 15) is 0 Å². The lowest BCUT2D eigenvalue weighted by Gasteiger charge is -2.12. The van der Waals surface area contributed by atoms with E-state index < -0.39 is 0 Å². The minimum atomic E-state index is 0.649. The van der Waals surface area contributed by atoms with E-state index in [2.05, 4.69) is 24.0 Å². The zero-order valence-corrected chi connectivity index (χ0v) is 15.7. The molecule has 3 nitrogen and oxygen atoms in total. The van der Waals surface area contributed by atoms with E-state index in [1.165, 1.54) is 0 Å². The molecule has 0 aliphatic heterocycles. The average Bonchev–Trinajstić information content (AvgIpc) is 2.53. The minimum Gasteiger partial charge on any atom is -0.491 e. The molecule has 0 saturated heterocycles. The molecule has 1 aromatic carbocycles. The maximum Gasteiger partial charge on any atom is 0.144 e. The first kappa shape index (κ1) is 18.8. The summed E-state index contributed by atoms with van der Waals surface area (Å²) in [6.07, 6.45) is 4.78. The molecule has 0 bridgehead atoms. The molecule has 0 atom stereocenters. The lowest BCUT2D eigenvalue weighted by Crippen LogP contribution is -2.15. The molecule has 0 aliphatic carbocycles. The Hall–Kier alpha value is -1.55. The summed E-state index contributed by atoms with van der Waals surface area (Å²) in [6, 6.07) is 9.29. The summed E-state index contributed by atoms with van der Waals surface area (Å²) in [5, 5.41) is 1.30. The van der Waals surface area contributed by atoms with Gasteiger partial charge in [-0.2, -0.15) is 0 Å². The van der Waals surface area contributed by atoms with Crippen LogP contribution in [-0.4, -0.2) is 37.1 Å². The first-order valence-corrected chi connectivity index (χ1v) is 8.59. The standard InChI is InChI=1S/C19H22Cl2N2O/c1-14-5-10-19(24-12-4-11-23(2)3)18(22-14)9-6-15-13-16(20)7-8-17(15)21/h5-10,13H,4,11-12H2,1-3H3/b9-6+. The van der Waals surface area contributed by atoms with Crippen LogP contribution in [0, 0.1) is 6.92 Å². The molecule has 128 valence electrons. The summed E-state index contributed by atoms with van der Waals surface area (Å²) >= 11 is 12.2. The second kappa shape index (κ2) is 9.07. The van der Waals surface area contributed by atoms with E-state index >= 15 is 0 Å². The Balaban J connectivity index is 2.14. The van der Waals surface area contributed by atoms with Gasteiger partial charge in [0.15, 0.2) is 0 Å². The fourth-order valence-electron chi connectivity index (χ4n) is 2.18. The maximum absolute atomic E-state index is 6.20. The highest BCUT2D eigenvalue weighted by Crippen LogP contribution is 2.25. The fourth-order valence-corrected chi connectivity index (χ4v) is 2.54. The predicted octanol–water partition coefficient (Wildman–Crippen LogP) is 5.20. The lowest BCUT2D eigenvalue weighted by atomic mass is 10.2. The summed E-state index contributed by atoms with van der Waals surface area (Å²) in [5.74, 6) is 0.772. The van der Waals surface area contributed by atoms with E-state index in [1.54, 1.807) is 12.1 Å². The van der Waals surface area contributed by atoms with E-state index in [4.69, 9.17) is 27.9 Å². The van der Waals surface area contributed by atoms with Gasteiger partial charge >= 0.3 is 0 Å². The van der Waals surface area contributed by atoms with Crippen molar-refractivity contribution in [2.24, 2.45) is 0 Å². The van der Waals surface area contributed by atoms with Crippen LogP contribution in [0.3, 0.4) is 0 Å². The Morgan fingerprint density at radius 2 is 1.92 bits per heavy atom. The third-order valence-corrected chi connectivity index (χ3v) is 3.99. The summed E-state index contributed by atoms with van der Waals surface area (Å²) in [7, 11) is 4.10. The van der Waals surface area contributed by atoms with Crippen LogP contribution in [-0.2, 0) is 0 Å². The monoisotopic (exact) mass is 364 g/mol. The number of pyridine rings is 1. The zero-order chi connectivity index (χ0) is 17.5. The van der Waals surface area contributed by atoms with Gasteiger partial charge in [0.05, 0.1) is 6.61 Å². The van der Waals surface area contributed by atoms with Crippen LogP contribution in [0.1, 0.15) is 23.4 Å². The van der Waals surface area contributed by atoms with E-state index in [-0.39, 0.29) is 0 Å². The Kier molecular flexibility index (Phi) is 7.10. The van der Waals surface area contributed by atoms with Crippen LogP contribution in [0.5, 0.6) is 5.75 Å². The number of rotatable bonds is 7. The average molecular weight is 365 g/mol. The minimum absolute atomic E-state index is 0.649. The van der Waals surface area contributed by atoms with E-state index in [0.29, 0.717) is 16.7 Å². The summed E-state index contributed by atoms with van der Waals surface area (Å²) < 4.78 is 5.89. The van der Waals surface area contributed by atoms with Gasteiger partial charge in [-0.05, 0) is 69.4 Å². The molecule has 1 heterocycles. The van der Waals surface area contributed by atoms with E-state index in [1.807, 2.05) is 37.3 Å². The van der Waals surface area contributed by atoms with Gasteiger partial charge in [-0.25, -0.2) is 4.98 Å². The van der Waals surface area contributed by atoms with Crippen molar-refractivity contribution >= 4 is 35.4 Å². The molecule has 0 radical (unpaired) electrons. The molecule has 2 rings (SSSR count). The SMILES string of the molecule is Cc1ccc(OCCCN(C)C)c(/C=C/c2cc(Cl)ccc2Cl)n1. The summed E-state index contributed by atoms with van der Waals surface area (Å²) in [5.41, 5.74) is 2.58. The number of hydrogen-bond acceptors (Lipinski definition) is 3. The molecule has 0 N–H and O–H groups in total. The molecule has 0 spiro atoms. The lowest BCUT2D eigenvalue weighted by molar-refractivity contribution is 0.280. The first-order chi connectivity index (χ1) is 11.5. The van der Waals surface area contributed by atoms with Crippen molar-refractivity contribution in [3.05, 3.63) is 57.3 Å². The molecule has 2 aromatic rings. The van der Waals surface area contributed by atoms with Gasteiger partial charge in [-0.15, -0.1) is 0 Å². The Bertz CT molecular complexity index is 715. The molecular formula is C19H22Cl2N2O. The molecule has 5 heteroatoms. The van der Waals surface area contributed by atoms with Crippen molar-refractivity contribution in [1.29, 1.82) is 0 Å². The Morgan fingerprint density at radius 3 is 2.67 bits per heavy atom. The highest BCUT2D eigenvalue weighted by Gasteiger charge is 2.05. The van der Waals surface area contributed by atoms with Gasteiger partial charge in [0.1, 0.15) is 11.4 Å². The summed E-state index contributed by atoms with van der Waals surface area (Å²) in [6.45, 7) is 3.60. The molecule has 24 heavy (non-hydrogen) atoms. The molecular weight excluding hydrogens is 343 g/mol. The number of hydrogen-bond donors (Lipinski definition) is 0. The third kappa shape index (κ3) is 5.82. The summed E-state index contributed by atoms with van der Waals surface area (Å²) in [4.78, 5) is 6.69. The second-order valence-corrected chi connectivity index (χ2v) is 6.68. The number of aromatic nitrogens is 1. The van der Waals surface area contributed by atoms with Crippen molar-refractivity contribution < 1.29 is 4.74 Å². The van der Waals surface area contributed by atoms with Crippen LogP contribution in [0.15, 0.2) is 30.3 Å². The van der Waals surface area contributed by atoms with Gasteiger partial charge in [0.2, 0.25) is 0 Å². The highest BCUT2D eigenvalue weighted by atomic mass is 35.5. The van der Waals surface area contributed by atoms with Crippen molar-refractivity contribution in [2.45, 2.75) is 13.3 Å². The van der Waals surface area contributed by atoms with Gasteiger partial charge in [-0.1, -0.05) is 29.3 Å². The van der Waals surface area contributed by atoms with Crippen molar-refractivity contribution in [3.63, 3.8) is 0 Å². The normalized spacial score (nSPS) is 11.4. The third-order valence-electron chi connectivity index (χ3n) is 3.41. The van der Waals surface area contributed by atoms with Gasteiger partial charge in [-0.3, -0.25) is 0 Å². The maximum atomic E-state index is 6.20. The topological polar surface area (TPSA) is 25.4 Å². The zero-order valence-electron chi connectivity index (χ0n) is 14.2. The van der Waals surface area contributed by atoms with Crippen LogP contribution in [0.4, 0.5) is 0 Å². The Morgan fingerprint density at radius 1 is 1.12 bits per heavy atom. The van der Waals surface area contributed by atoms with Crippen LogP contribution < -0.4 is 4.74 Å². The predicted molar refractivity (Wildman–Crippen MR) is 103 cm³/mol. The van der Waals surface area contributed by atoms with Crippen molar-refractivity contribution in [2.75, 3.05) is 27.2 Å². The molecule has 0 saturated carbocycles. The van der Waals surface area contributed by atoms with Crippen molar-refractivity contribution in [1.82, 2.24) is 9.88 Å². The Labute approximate surface area is 153 Å². The smallest absolute Gasteiger partial charge is 0.144 e. The molecule has 0 fully saturated rings. The number of nitrogens with zero attached hydrogens (tertiary/aromatic N) is 2. The van der Waals surface area contributed by atoms with Crippen LogP contribution >= 0.6 is 23.2 Å². The number of ether oxygens (including phenoxy) is 1. The molecule has 1 aromatic heterocycles. The number of benzene rings is 1. The van der Waals surface area contributed by atoms with Crippen LogP contribution in [0.2, 0.25) is 10.0 Å². The largest absolute Gasteiger partial charge is 0.491 e. The van der Waals surface area contributed by atoms with Gasteiger partial charge < -0.3 is 9.64 Å². The first-order valence-electron chi connectivity index (χ1n) is 7.84. The molecule has 0 aliphatic rings.